The lowest BCUT2D eigenvalue weighted by Gasteiger charge is -2.28. The maximum Gasteiger partial charge on any atom is 0.338 e. The van der Waals surface area contributed by atoms with Crippen LogP contribution in [-0.2, 0) is 23.1 Å². The molecule has 0 amide bonds. The van der Waals surface area contributed by atoms with Crippen LogP contribution >= 0.6 is 7.60 Å². The molecular weight excluding hydrogens is 351 g/mol. The summed E-state index contributed by atoms with van der Waals surface area (Å²) in [6.07, 6.45) is 1.01. The minimum atomic E-state index is -3.32. The van der Waals surface area contributed by atoms with Crippen molar-refractivity contribution < 1.29 is 23.1 Å². The molecule has 1 aliphatic rings. The van der Waals surface area contributed by atoms with Crippen LogP contribution in [0, 0.1) is 0 Å². The molecule has 142 valence electrons. The number of ether oxygens (including phenoxy) is 2. The van der Waals surface area contributed by atoms with Gasteiger partial charge in [0.25, 0.3) is 0 Å². The Labute approximate surface area is 155 Å². The normalized spacial score (nSPS) is 17.0. The van der Waals surface area contributed by atoms with E-state index in [1.807, 2.05) is 38.1 Å². The summed E-state index contributed by atoms with van der Waals surface area (Å²) in [5, 5.41) is 2.19. The van der Waals surface area contributed by atoms with Crippen LogP contribution in [0.25, 0.3) is 10.8 Å². The van der Waals surface area contributed by atoms with Gasteiger partial charge in [-0.2, -0.15) is 0 Å². The first-order valence-corrected chi connectivity index (χ1v) is 10.9. The Kier molecular flexibility index (Phi) is 6.85. The van der Waals surface area contributed by atoms with Gasteiger partial charge in [-0.15, -0.1) is 0 Å². The summed E-state index contributed by atoms with van der Waals surface area (Å²) in [5.74, 6) is 0. The van der Waals surface area contributed by atoms with Gasteiger partial charge in [0.2, 0.25) is 0 Å². The number of hydrogen-bond donors (Lipinski definition) is 0. The number of benzene rings is 2. The van der Waals surface area contributed by atoms with E-state index in [9.17, 15) is 4.57 Å². The molecule has 6 heteroatoms. The molecule has 1 heterocycles. The average Bonchev–Trinajstić information content (AvgIpc) is 3.16. The lowest BCUT2D eigenvalue weighted by Crippen LogP contribution is -2.13. The molecule has 1 atom stereocenters. The zero-order chi connectivity index (χ0) is 18.4. The molecule has 0 aromatic heterocycles. The minimum absolute atomic E-state index is 0.246. The molecule has 0 N–H and O–H groups in total. The molecule has 2 aromatic carbocycles. The van der Waals surface area contributed by atoms with Gasteiger partial charge < -0.3 is 18.5 Å². The summed E-state index contributed by atoms with van der Waals surface area (Å²) in [7, 11) is -3.32. The quantitative estimate of drug-likeness (QED) is 0.554. The molecule has 1 saturated heterocycles. The van der Waals surface area contributed by atoms with E-state index >= 15 is 0 Å². The van der Waals surface area contributed by atoms with E-state index in [4.69, 9.17) is 18.5 Å². The Bertz CT molecular complexity index is 741. The maximum atomic E-state index is 13.6. The van der Waals surface area contributed by atoms with E-state index in [0.29, 0.717) is 39.3 Å². The molecule has 1 unspecified atom stereocenters. The molecule has 1 aliphatic heterocycles. The first-order valence-electron chi connectivity index (χ1n) is 9.27. The van der Waals surface area contributed by atoms with Crippen LogP contribution in [0.5, 0.6) is 0 Å². The lowest BCUT2D eigenvalue weighted by molar-refractivity contribution is -0.0480. The lowest BCUT2D eigenvalue weighted by atomic mass is 9.99. The van der Waals surface area contributed by atoms with Gasteiger partial charge in [0, 0.05) is 0 Å². The van der Waals surface area contributed by atoms with Crippen molar-refractivity contribution in [1.82, 2.24) is 0 Å². The Morgan fingerprint density at radius 3 is 2.38 bits per heavy atom. The van der Waals surface area contributed by atoms with E-state index in [1.54, 1.807) is 0 Å². The van der Waals surface area contributed by atoms with Gasteiger partial charge in [0.15, 0.2) is 6.29 Å². The number of hydrogen-bond acceptors (Lipinski definition) is 5. The molecule has 26 heavy (non-hydrogen) atoms. The number of rotatable bonds is 9. The highest BCUT2D eigenvalue weighted by atomic mass is 31.2. The first kappa shape index (κ1) is 19.5. The zero-order valence-corrected chi connectivity index (χ0v) is 16.3. The fourth-order valence-corrected chi connectivity index (χ4v) is 5.66. The van der Waals surface area contributed by atoms with Crippen molar-refractivity contribution in [2.45, 2.75) is 38.6 Å². The smallest absolute Gasteiger partial charge is 0.338 e. The Morgan fingerprint density at radius 2 is 1.69 bits per heavy atom. The van der Waals surface area contributed by atoms with Crippen LogP contribution < -0.4 is 0 Å². The summed E-state index contributed by atoms with van der Waals surface area (Å²) >= 11 is 0. The van der Waals surface area contributed by atoms with Gasteiger partial charge >= 0.3 is 7.60 Å². The SMILES string of the molecule is CCOP(=O)(OCC)C(CCC1OCCO1)c1cccc2ccccc12. The highest BCUT2D eigenvalue weighted by Gasteiger charge is 2.38. The summed E-state index contributed by atoms with van der Waals surface area (Å²) in [6, 6.07) is 14.2. The Morgan fingerprint density at radius 1 is 1.04 bits per heavy atom. The van der Waals surface area contributed by atoms with Crippen molar-refractivity contribution in [3.05, 3.63) is 48.0 Å². The van der Waals surface area contributed by atoms with Crippen molar-refractivity contribution in [3.63, 3.8) is 0 Å². The molecule has 0 aliphatic carbocycles. The van der Waals surface area contributed by atoms with E-state index in [-0.39, 0.29) is 11.9 Å². The Balaban J connectivity index is 1.98. The molecule has 3 rings (SSSR count). The highest BCUT2D eigenvalue weighted by molar-refractivity contribution is 7.54. The van der Waals surface area contributed by atoms with Gasteiger partial charge in [-0.05, 0) is 43.0 Å². The summed E-state index contributed by atoms with van der Waals surface area (Å²) in [6.45, 7) is 5.59. The summed E-state index contributed by atoms with van der Waals surface area (Å²) < 4.78 is 36.2. The fraction of sp³-hybridized carbons (Fsp3) is 0.500. The van der Waals surface area contributed by atoms with Crippen molar-refractivity contribution >= 4 is 18.4 Å². The third kappa shape index (κ3) is 4.36. The van der Waals surface area contributed by atoms with Gasteiger partial charge in [-0.3, -0.25) is 4.57 Å². The monoisotopic (exact) mass is 378 g/mol. The van der Waals surface area contributed by atoms with Gasteiger partial charge in [-0.1, -0.05) is 42.5 Å². The van der Waals surface area contributed by atoms with Gasteiger partial charge in [-0.25, -0.2) is 0 Å². The molecule has 0 radical (unpaired) electrons. The van der Waals surface area contributed by atoms with Crippen LogP contribution in [0.1, 0.15) is 37.9 Å². The largest absolute Gasteiger partial charge is 0.350 e. The van der Waals surface area contributed by atoms with Crippen molar-refractivity contribution in [3.8, 4) is 0 Å². The second kappa shape index (κ2) is 9.12. The van der Waals surface area contributed by atoms with Crippen LogP contribution in [0.15, 0.2) is 42.5 Å². The summed E-state index contributed by atoms with van der Waals surface area (Å²) in [4.78, 5) is 0. The van der Waals surface area contributed by atoms with E-state index in [0.717, 1.165) is 16.3 Å². The van der Waals surface area contributed by atoms with E-state index < -0.39 is 7.60 Å². The van der Waals surface area contributed by atoms with Crippen molar-refractivity contribution in [1.29, 1.82) is 0 Å². The van der Waals surface area contributed by atoms with Crippen molar-refractivity contribution in [2.75, 3.05) is 26.4 Å². The van der Waals surface area contributed by atoms with Crippen molar-refractivity contribution in [2.24, 2.45) is 0 Å². The molecule has 5 nitrogen and oxygen atoms in total. The van der Waals surface area contributed by atoms with Crippen LogP contribution in [0.4, 0.5) is 0 Å². The first-order chi connectivity index (χ1) is 12.7. The maximum absolute atomic E-state index is 13.6. The van der Waals surface area contributed by atoms with Crippen LogP contribution in [-0.4, -0.2) is 32.7 Å². The molecule has 0 spiro atoms. The molecule has 0 bridgehead atoms. The predicted molar refractivity (Wildman–Crippen MR) is 102 cm³/mol. The fourth-order valence-electron chi connectivity index (χ4n) is 3.47. The molecule has 0 saturated carbocycles. The third-order valence-corrected chi connectivity index (χ3v) is 7.08. The average molecular weight is 378 g/mol. The molecule has 1 fully saturated rings. The highest BCUT2D eigenvalue weighted by Crippen LogP contribution is 2.63. The van der Waals surface area contributed by atoms with Crippen LogP contribution in [0.2, 0.25) is 0 Å². The molecule has 2 aromatic rings. The second-order valence-electron chi connectivity index (χ2n) is 6.21. The predicted octanol–water partition coefficient (Wildman–Crippen LogP) is 5.30. The van der Waals surface area contributed by atoms with E-state index in [1.165, 1.54) is 0 Å². The van der Waals surface area contributed by atoms with Crippen LogP contribution in [0.3, 0.4) is 0 Å². The standard InChI is InChI=1S/C20H27O5P/c1-3-24-26(21,25-4-2)19(12-13-20-22-14-15-23-20)18-11-7-9-16-8-5-6-10-17(16)18/h5-11,19-20H,3-4,12-15H2,1-2H3. The van der Waals surface area contributed by atoms with E-state index in [2.05, 4.69) is 18.2 Å². The Hall–Kier alpha value is -1.23. The number of fused-ring (bicyclic) bond motifs is 1. The topological polar surface area (TPSA) is 54.0 Å². The van der Waals surface area contributed by atoms with Gasteiger partial charge in [0.1, 0.15) is 0 Å². The van der Waals surface area contributed by atoms with Gasteiger partial charge in [0.05, 0.1) is 32.1 Å². The molecular formula is C20H27O5P. The third-order valence-electron chi connectivity index (χ3n) is 4.55. The minimum Gasteiger partial charge on any atom is -0.350 e. The zero-order valence-electron chi connectivity index (χ0n) is 15.4. The second-order valence-corrected chi connectivity index (χ2v) is 8.43. The summed E-state index contributed by atoms with van der Waals surface area (Å²) in [5.41, 5.74) is 0.632.